The van der Waals surface area contributed by atoms with Crippen molar-refractivity contribution in [3.05, 3.63) is 53.6 Å². The van der Waals surface area contributed by atoms with Gasteiger partial charge in [0, 0.05) is 11.3 Å². The molecular weight excluding hydrogens is 390 g/mol. The molecule has 1 N–H and O–H groups in total. The number of ketones is 1. The number of carbonyl (C=O) groups is 5. The summed E-state index contributed by atoms with van der Waals surface area (Å²) in [7, 11) is 1.48. The minimum atomic E-state index is -1.07. The van der Waals surface area contributed by atoms with E-state index in [0.717, 1.165) is 4.90 Å². The molecule has 4 rings (SSSR count). The summed E-state index contributed by atoms with van der Waals surface area (Å²) < 4.78 is 5.04. The number of rotatable bonds is 5. The van der Waals surface area contributed by atoms with E-state index in [-0.39, 0.29) is 17.2 Å². The summed E-state index contributed by atoms with van der Waals surface area (Å²) >= 11 is 0. The van der Waals surface area contributed by atoms with Crippen LogP contribution < -0.4 is 15.0 Å². The summed E-state index contributed by atoms with van der Waals surface area (Å²) in [4.78, 5) is 63.3. The molecule has 0 aliphatic carbocycles. The minimum absolute atomic E-state index is 0.166. The number of ether oxygens (including phenoxy) is 1. The highest BCUT2D eigenvalue weighted by Crippen LogP contribution is 2.33. The second kappa shape index (κ2) is 7.11. The maximum Gasteiger partial charge on any atom is 0.339 e. The van der Waals surface area contributed by atoms with Crippen LogP contribution in [-0.4, -0.2) is 48.1 Å². The summed E-state index contributed by atoms with van der Waals surface area (Å²) in [5.41, 5.74) is 1.73. The van der Waals surface area contributed by atoms with Crippen LogP contribution in [0.25, 0.3) is 0 Å². The number of benzene rings is 2. The van der Waals surface area contributed by atoms with Gasteiger partial charge in [-0.3, -0.25) is 19.2 Å². The number of hydrogen-bond acceptors (Lipinski definition) is 6. The standard InChI is InChI=1S/C21H17N3O6/c1-11-15-9-12(3-8-16(15)22-18(11)26)17(25)10-23-19(27)20(28)24(21(23)29)13-4-6-14(30-2)7-5-13/h3-9,11H,10H2,1-2H3,(H,22,26)/t11-/m1/s1. The van der Waals surface area contributed by atoms with E-state index in [1.807, 2.05) is 0 Å². The largest absolute Gasteiger partial charge is 0.497 e. The highest BCUT2D eigenvalue weighted by atomic mass is 16.5. The highest BCUT2D eigenvalue weighted by molar-refractivity contribution is 6.53. The smallest absolute Gasteiger partial charge is 0.339 e. The molecule has 9 nitrogen and oxygen atoms in total. The highest BCUT2D eigenvalue weighted by Gasteiger charge is 2.46. The Morgan fingerprint density at radius 3 is 2.40 bits per heavy atom. The van der Waals surface area contributed by atoms with E-state index in [0.29, 0.717) is 21.9 Å². The Morgan fingerprint density at radius 2 is 1.73 bits per heavy atom. The first-order valence-electron chi connectivity index (χ1n) is 9.13. The van der Waals surface area contributed by atoms with Gasteiger partial charge in [-0.1, -0.05) is 0 Å². The molecule has 1 atom stereocenters. The van der Waals surface area contributed by atoms with Crippen LogP contribution in [0, 0.1) is 0 Å². The number of nitrogens with one attached hydrogen (secondary N) is 1. The lowest BCUT2D eigenvalue weighted by Crippen LogP contribution is -2.37. The van der Waals surface area contributed by atoms with E-state index in [1.54, 1.807) is 31.2 Å². The first-order chi connectivity index (χ1) is 14.3. The van der Waals surface area contributed by atoms with Crippen LogP contribution in [0.15, 0.2) is 42.5 Å². The van der Waals surface area contributed by atoms with Crippen LogP contribution in [0.4, 0.5) is 16.2 Å². The molecule has 9 heteroatoms. The van der Waals surface area contributed by atoms with Crippen molar-refractivity contribution < 1.29 is 28.7 Å². The Labute approximate surface area is 171 Å². The van der Waals surface area contributed by atoms with E-state index in [9.17, 15) is 24.0 Å². The number of hydrogen-bond donors (Lipinski definition) is 1. The summed E-state index contributed by atoms with van der Waals surface area (Å²) in [5.74, 6) is -2.67. The summed E-state index contributed by atoms with van der Waals surface area (Å²) in [6.07, 6.45) is 0. The molecule has 0 radical (unpaired) electrons. The SMILES string of the molecule is COc1ccc(N2C(=O)C(=O)N(CC(=O)c3ccc4c(c3)[C@@H](C)C(=O)N4)C2=O)cc1. The molecule has 0 saturated carbocycles. The number of anilines is 2. The van der Waals surface area contributed by atoms with Crippen molar-refractivity contribution in [2.45, 2.75) is 12.8 Å². The van der Waals surface area contributed by atoms with Gasteiger partial charge in [0.15, 0.2) is 5.78 Å². The van der Waals surface area contributed by atoms with E-state index < -0.39 is 36.1 Å². The minimum Gasteiger partial charge on any atom is -0.497 e. The Kier molecular flexibility index (Phi) is 4.57. The second-order valence-electron chi connectivity index (χ2n) is 6.95. The first kappa shape index (κ1) is 19.3. The Hall–Kier alpha value is -4.01. The normalized spacial score (nSPS) is 18.0. The number of Topliss-reactive ketones (excluding diaryl/α,β-unsaturated/α-hetero) is 1. The molecule has 1 saturated heterocycles. The first-order valence-corrected chi connectivity index (χ1v) is 9.13. The molecule has 2 heterocycles. The van der Waals surface area contributed by atoms with Crippen LogP contribution in [0.5, 0.6) is 5.75 Å². The van der Waals surface area contributed by atoms with Crippen molar-refractivity contribution >= 4 is 40.9 Å². The van der Waals surface area contributed by atoms with Gasteiger partial charge < -0.3 is 10.1 Å². The quantitative estimate of drug-likeness (QED) is 0.460. The molecule has 0 bridgehead atoms. The molecule has 5 amide bonds. The third-order valence-corrected chi connectivity index (χ3v) is 5.18. The molecule has 30 heavy (non-hydrogen) atoms. The topological polar surface area (TPSA) is 113 Å². The number of nitrogens with zero attached hydrogens (tertiary/aromatic N) is 2. The molecular formula is C21H17N3O6. The lowest BCUT2D eigenvalue weighted by molar-refractivity contribution is -0.139. The van der Waals surface area contributed by atoms with E-state index in [2.05, 4.69) is 5.32 Å². The van der Waals surface area contributed by atoms with Crippen molar-refractivity contribution in [3.8, 4) is 5.75 Å². The average Bonchev–Trinajstić information content (AvgIpc) is 3.15. The fourth-order valence-corrected chi connectivity index (χ4v) is 3.43. The number of methoxy groups -OCH3 is 1. The van der Waals surface area contributed by atoms with Crippen molar-refractivity contribution in [1.29, 1.82) is 0 Å². The summed E-state index contributed by atoms with van der Waals surface area (Å²) in [6.45, 7) is 1.14. The van der Waals surface area contributed by atoms with Crippen LogP contribution in [-0.2, 0) is 14.4 Å². The maximum absolute atomic E-state index is 12.7. The number of carbonyl (C=O) groups excluding carboxylic acids is 5. The monoisotopic (exact) mass is 407 g/mol. The molecule has 2 aliphatic heterocycles. The number of fused-ring (bicyclic) bond motifs is 1. The third kappa shape index (κ3) is 3.00. The van der Waals surface area contributed by atoms with Gasteiger partial charge in [0.2, 0.25) is 5.91 Å². The van der Waals surface area contributed by atoms with Crippen LogP contribution in [0.1, 0.15) is 28.8 Å². The zero-order chi connectivity index (χ0) is 21.6. The molecule has 0 aromatic heterocycles. The molecule has 0 unspecified atom stereocenters. The molecule has 2 aromatic carbocycles. The molecule has 152 valence electrons. The van der Waals surface area contributed by atoms with Gasteiger partial charge in [-0.25, -0.2) is 14.6 Å². The van der Waals surface area contributed by atoms with Gasteiger partial charge in [-0.05, 0) is 55.0 Å². The van der Waals surface area contributed by atoms with Gasteiger partial charge in [-0.15, -0.1) is 0 Å². The van der Waals surface area contributed by atoms with Crippen molar-refractivity contribution in [2.24, 2.45) is 0 Å². The fraction of sp³-hybridized carbons (Fsp3) is 0.190. The lowest BCUT2D eigenvalue weighted by atomic mass is 9.99. The zero-order valence-corrected chi connectivity index (χ0v) is 16.2. The van der Waals surface area contributed by atoms with Crippen molar-refractivity contribution in [2.75, 3.05) is 23.9 Å². The van der Waals surface area contributed by atoms with Gasteiger partial charge in [0.25, 0.3) is 0 Å². The summed E-state index contributed by atoms with van der Waals surface area (Å²) in [5, 5.41) is 2.71. The second-order valence-corrected chi connectivity index (χ2v) is 6.95. The number of urea groups is 1. The van der Waals surface area contributed by atoms with Crippen molar-refractivity contribution in [3.63, 3.8) is 0 Å². The average molecular weight is 407 g/mol. The molecule has 2 aromatic rings. The fourth-order valence-electron chi connectivity index (χ4n) is 3.43. The predicted octanol–water partition coefficient (Wildman–Crippen LogP) is 1.93. The van der Waals surface area contributed by atoms with Crippen LogP contribution in [0.2, 0.25) is 0 Å². The van der Waals surface area contributed by atoms with E-state index in [1.165, 1.54) is 25.3 Å². The Balaban J connectivity index is 1.55. The Morgan fingerprint density at radius 1 is 1.03 bits per heavy atom. The van der Waals surface area contributed by atoms with Gasteiger partial charge in [0.1, 0.15) is 5.75 Å². The molecule has 1 fully saturated rings. The van der Waals surface area contributed by atoms with Crippen LogP contribution >= 0.6 is 0 Å². The van der Waals surface area contributed by atoms with Crippen LogP contribution in [0.3, 0.4) is 0 Å². The maximum atomic E-state index is 12.7. The van der Waals surface area contributed by atoms with E-state index in [4.69, 9.17) is 4.74 Å². The number of imide groups is 2. The van der Waals surface area contributed by atoms with Gasteiger partial charge >= 0.3 is 17.8 Å². The number of amides is 5. The predicted molar refractivity (Wildman–Crippen MR) is 105 cm³/mol. The van der Waals surface area contributed by atoms with Crippen molar-refractivity contribution in [1.82, 2.24) is 4.90 Å². The lowest BCUT2D eigenvalue weighted by Gasteiger charge is -2.15. The third-order valence-electron chi connectivity index (χ3n) is 5.18. The van der Waals surface area contributed by atoms with Gasteiger partial charge in [0.05, 0.1) is 25.3 Å². The molecule has 2 aliphatic rings. The van der Waals surface area contributed by atoms with E-state index >= 15 is 0 Å². The van der Waals surface area contributed by atoms with Gasteiger partial charge in [-0.2, -0.15) is 0 Å². The molecule has 0 spiro atoms. The zero-order valence-electron chi connectivity index (χ0n) is 16.2. The summed E-state index contributed by atoms with van der Waals surface area (Å²) in [6, 6.07) is 9.83. The Bertz CT molecular complexity index is 1110.